The fourth-order valence-electron chi connectivity index (χ4n) is 3.73. The molecule has 0 saturated carbocycles. The van der Waals surface area contributed by atoms with E-state index < -0.39 is 11.8 Å². The van der Waals surface area contributed by atoms with Crippen LogP contribution in [-0.4, -0.2) is 24.0 Å². The zero-order valence-corrected chi connectivity index (χ0v) is 22.4. The van der Waals surface area contributed by atoms with Crippen LogP contribution in [0.4, 0.5) is 5.69 Å². The molecule has 1 aliphatic heterocycles. The van der Waals surface area contributed by atoms with Gasteiger partial charge in [-0.3, -0.25) is 19.8 Å². The van der Waals surface area contributed by atoms with E-state index in [4.69, 9.17) is 21.7 Å². The van der Waals surface area contributed by atoms with Crippen molar-refractivity contribution in [2.75, 3.05) is 12.0 Å². The Kier molecular flexibility index (Phi) is 7.51. The zero-order valence-electron chi connectivity index (χ0n) is 19.4. The maximum Gasteiger partial charge on any atom is 0.270 e. The van der Waals surface area contributed by atoms with Crippen LogP contribution in [0.5, 0.6) is 11.5 Å². The molecular weight excluding hydrogens is 575 g/mol. The van der Waals surface area contributed by atoms with E-state index in [1.54, 1.807) is 25.3 Å². The molecule has 0 bridgehead atoms. The first-order valence-corrected chi connectivity index (χ1v) is 12.3. The van der Waals surface area contributed by atoms with Gasteiger partial charge >= 0.3 is 0 Å². The van der Waals surface area contributed by atoms with Crippen LogP contribution in [0.25, 0.3) is 6.08 Å². The molecule has 35 heavy (non-hydrogen) atoms. The summed E-state index contributed by atoms with van der Waals surface area (Å²) < 4.78 is 12.6. The van der Waals surface area contributed by atoms with Gasteiger partial charge in [-0.05, 0) is 102 Å². The van der Waals surface area contributed by atoms with E-state index in [0.29, 0.717) is 29.4 Å². The number of methoxy groups -OCH3 is 1. The Bertz CT molecular complexity index is 1350. The molecule has 3 aromatic rings. The maximum absolute atomic E-state index is 13.3. The average Bonchev–Trinajstić information content (AvgIpc) is 2.83. The molecule has 4 rings (SSSR count). The van der Waals surface area contributed by atoms with Gasteiger partial charge in [0.05, 0.1) is 12.8 Å². The predicted molar refractivity (Wildman–Crippen MR) is 149 cm³/mol. The second kappa shape index (κ2) is 10.6. The lowest BCUT2D eigenvalue weighted by molar-refractivity contribution is -0.122. The van der Waals surface area contributed by atoms with Gasteiger partial charge in [0.25, 0.3) is 11.8 Å². The Labute approximate surface area is 223 Å². The molecule has 178 valence electrons. The number of aryl methyl sites for hydroxylation is 2. The van der Waals surface area contributed by atoms with Crippen molar-refractivity contribution in [3.63, 3.8) is 0 Å². The van der Waals surface area contributed by atoms with E-state index in [-0.39, 0.29) is 10.7 Å². The number of carbonyl (C=O) groups excluding carboxylic acids is 2. The minimum absolute atomic E-state index is 0.0202. The topological polar surface area (TPSA) is 67.9 Å². The van der Waals surface area contributed by atoms with E-state index in [2.05, 4.69) is 27.9 Å². The largest absolute Gasteiger partial charge is 0.493 e. The number of hydrogen-bond acceptors (Lipinski definition) is 5. The number of nitrogens with zero attached hydrogens (tertiary/aromatic N) is 1. The standard InChI is InChI=1S/C27H23IN2O4S/c1-16-4-10-22(17(2)12-16)30-26(32)21(25(31)29-27(30)35)13-19-7-11-23(24(14-19)33-3)34-15-18-5-8-20(28)9-6-18/h4-14H,15H2,1-3H3,(H,29,31,35)/b21-13+. The van der Waals surface area contributed by atoms with Gasteiger partial charge in [0.1, 0.15) is 12.2 Å². The molecule has 6 nitrogen and oxygen atoms in total. The van der Waals surface area contributed by atoms with Crippen LogP contribution >= 0.6 is 34.8 Å². The lowest BCUT2D eigenvalue weighted by Gasteiger charge is -2.30. The highest BCUT2D eigenvalue weighted by Gasteiger charge is 2.35. The van der Waals surface area contributed by atoms with Crippen molar-refractivity contribution in [2.24, 2.45) is 0 Å². The number of amides is 2. The molecule has 1 aliphatic rings. The van der Waals surface area contributed by atoms with E-state index in [9.17, 15) is 9.59 Å². The Morgan fingerprint density at radius 2 is 1.74 bits per heavy atom. The van der Waals surface area contributed by atoms with Crippen LogP contribution < -0.4 is 19.7 Å². The summed E-state index contributed by atoms with van der Waals surface area (Å²) in [5, 5.41) is 2.68. The van der Waals surface area contributed by atoms with Gasteiger partial charge in [0, 0.05) is 3.57 Å². The monoisotopic (exact) mass is 598 g/mol. The minimum Gasteiger partial charge on any atom is -0.493 e. The number of thiocarbonyl (C=S) groups is 1. The molecule has 1 saturated heterocycles. The third-order valence-electron chi connectivity index (χ3n) is 5.50. The quantitative estimate of drug-likeness (QED) is 0.180. The van der Waals surface area contributed by atoms with Crippen LogP contribution in [0.1, 0.15) is 22.3 Å². The van der Waals surface area contributed by atoms with Gasteiger partial charge in [0.15, 0.2) is 16.6 Å². The molecule has 1 heterocycles. The molecule has 0 atom stereocenters. The maximum atomic E-state index is 13.3. The third-order valence-corrected chi connectivity index (χ3v) is 6.50. The smallest absolute Gasteiger partial charge is 0.270 e. The van der Waals surface area contributed by atoms with E-state index in [1.807, 2.05) is 56.3 Å². The summed E-state index contributed by atoms with van der Waals surface area (Å²) in [7, 11) is 1.54. The number of nitrogens with one attached hydrogen (secondary N) is 1. The molecule has 1 fully saturated rings. The molecular formula is C27H23IN2O4S. The van der Waals surface area contributed by atoms with Crippen molar-refractivity contribution in [1.29, 1.82) is 0 Å². The number of carbonyl (C=O) groups is 2. The van der Waals surface area contributed by atoms with Gasteiger partial charge in [-0.2, -0.15) is 0 Å². The first kappa shape index (κ1) is 24.9. The van der Waals surface area contributed by atoms with Crippen LogP contribution in [0, 0.1) is 17.4 Å². The molecule has 8 heteroatoms. The summed E-state index contributed by atoms with van der Waals surface area (Å²) in [5.74, 6) is 0.0312. The SMILES string of the molecule is COc1cc(/C=C2\C(=O)NC(=S)N(c3ccc(C)cc3C)C2=O)ccc1OCc1ccc(I)cc1. The van der Waals surface area contributed by atoms with Crippen molar-refractivity contribution in [1.82, 2.24) is 5.32 Å². The van der Waals surface area contributed by atoms with Crippen molar-refractivity contribution in [2.45, 2.75) is 20.5 Å². The second-order valence-corrected chi connectivity index (χ2v) is 9.71. The summed E-state index contributed by atoms with van der Waals surface area (Å²) in [5.41, 5.74) is 4.22. The molecule has 1 N–H and O–H groups in total. The molecule has 3 aromatic carbocycles. The van der Waals surface area contributed by atoms with E-state index >= 15 is 0 Å². The summed E-state index contributed by atoms with van der Waals surface area (Å²) in [6, 6.07) is 19.0. The highest BCUT2D eigenvalue weighted by molar-refractivity contribution is 14.1. The van der Waals surface area contributed by atoms with Crippen molar-refractivity contribution >= 4 is 63.5 Å². The fourth-order valence-corrected chi connectivity index (χ4v) is 4.37. The molecule has 0 aliphatic carbocycles. The Morgan fingerprint density at radius 1 is 1.00 bits per heavy atom. The van der Waals surface area contributed by atoms with Gasteiger partial charge in [-0.1, -0.05) is 35.9 Å². The number of benzene rings is 3. The average molecular weight is 598 g/mol. The van der Waals surface area contributed by atoms with Crippen molar-refractivity contribution in [3.8, 4) is 11.5 Å². The summed E-state index contributed by atoms with van der Waals surface area (Å²) in [6.45, 7) is 4.26. The highest BCUT2D eigenvalue weighted by atomic mass is 127. The van der Waals surface area contributed by atoms with Gasteiger partial charge in [-0.15, -0.1) is 0 Å². The van der Waals surface area contributed by atoms with Gasteiger partial charge in [-0.25, -0.2) is 0 Å². The van der Waals surface area contributed by atoms with Crippen LogP contribution in [-0.2, 0) is 16.2 Å². The summed E-state index contributed by atoms with van der Waals surface area (Å²) >= 11 is 7.57. The molecule has 0 radical (unpaired) electrons. The third kappa shape index (κ3) is 5.54. The number of rotatable bonds is 6. The van der Waals surface area contributed by atoms with Gasteiger partial charge < -0.3 is 9.47 Å². The number of ether oxygens (including phenoxy) is 2. The zero-order chi connectivity index (χ0) is 25.1. The van der Waals surface area contributed by atoms with E-state index in [0.717, 1.165) is 20.3 Å². The molecule has 0 spiro atoms. The minimum atomic E-state index is -0.543. The highest BCUT2D eigenvalue weighted by Crippen LogP contribution is 2.31. The first-order chi connectivity index (χ1) is 16.8. The Morgan fingerprint density at radius 3 is 2.43 bits per heavy atom. The van der Waals surface area contributed by atoms with Crippen LogP contribution in [0.15, 0.2) is 66.2 Å². The fraction of sp³-hybridized carbons (Fsp3) is 0.148. The van der Waals surface area contributed by atoms with Crippen molar-refractivity contribution < 1.29 is 19.1 Å². The molecule has 2 amide bonds. The Balaban J connectivity index is 1.60. The first-order valence-electron chi connectivity index (χ1n) is 10.8. The van der Waals surface area contributed by atoms with Crippen LogP contribution in [0.3, 0.4) is 0 Å². The number of halogens is 1. The second-order valence-electron chi connectivity index (χ2n) is 8.07. The predicted octanol–water partition coefficient (Wildman–Crippen LogP) is 5.33. The summed E-state index contributed by atoms with van der Waals surface area (Å²) in [6.07, 6.45) is 1.53. The molecule has 0 aromatic heterocycles. The summed E-state index contributed by atoms with van der Waals surface area (Å²) in [4.78, 5) is 27.4. The Hall–Kier alpha value is -3.24. The lowest BCUT2D eigenvalue weighted by atomic mass is 10.0. The lowest BCUT2D eigenvalue weighted by Crippen LogP contribution is -2.54. The van der Waals surface area contributed by atoms with E-state index in [1.165, 1.54) is 11.0 Å². The van der Waals surface area contributed by atoms with Gasteiger partial charge in [0.2, 0.25) is 0 Å². The normalized spacial score (nSPS) is 14.8. The number of anilines is 1. The molecule has 0 unspecified atom stereocenters. The van der Waals surface area contributed by atoms with Crippen LogP contribution in [0.2, 0.25) is 0 Å². The number of hydrogen-bond donors (Lipinski definition) is 1. The van der Waals surface area contributed by atoms with Crippen molar-refractivity contribution in [3.05, 3.63) is 92.1 Å².